The molecule has 1 N–H and O–H groups in total. The normalized spacial score (nSPS) is 17.4. The van der Waals surface area contributed by atoms with Crippen molar-refractivity contribution >= 4 is 17.3 Å². The second kappa shape index (κ2) is 3.06. The van der Waals surface area contributed by atoms with Crippen LogP contribution in [0.1, 0.15) is 19.4 Å². The number of rotatable bonds is 1. The molecule has 0 radical (unpaired) electrons. The van der Waals surface area contributed by atoms with Crippen LogP contribution in [0.25, 0.3) is 0 Å². The molecule has 14 heavy (non-hydrogen) atoms. The number of nitrogens with one attached hydrogen (secondary N) is 1. The molecule has 1 aromatic carbocycles. The highest BCUT2D eigenvalue weighted by Gasteiger charge is 2.34. The van der Waals surface area contributed by atoms with E-state index in [4.69, 9.17) is 16.3 Å². The molecule has 76 valence electrons. The Morgan fingerprint density at radius 2 is 2.14 bits per heavy atom. The average molecular weight is 212 g/mol. The second-order valence-electron chi connectivity index (χ2n) is 4.24. The maximum Gasteiger partial charge on any atom is 0.124 e. The highest BCUT2D eigenvalue weighted by Crippen LogP contribution is 2.45. The number of anilines is 1. The van der Waals surface area contributed by atoms with Crippen LogP contribution in [-0.2, 0) is 5.41 Å². The summed E-state index contributed by atoms with van der Waals surface area (Å²) >= 11 is 6.11. The van der Waals surface area contributed by atoms with Crippen molar-refractivity contribution in [3.8, 4) is 5.75 Å². The van der Waals surface area contributed by atoms with Gasteiger partial charge in [0, 0.05) is 17.5 Å². The third-order valence-electron chi connectivity index (χ3n) is 2.72. The monoisotopic (exact) mass is 211 g/mol. The Balaban J connectivity index is 2.66. The molecule has 1 aliphatic rings. The topological polar surface area (TPSA) is 21.3 Å². The third kappa shape index (κ3) is 1.25. The summed E-state index contributed by atoms with van der Waals surface area (Å²) in [5, 5.41) is 4.09. The van der Waals surface area contributed by atoms with E-state index < -0.39 is 0 Å². The fourth-order valence-electron chi connectivity index (χ4n) is 1.97. The Kier molecular flexibility index (Phi) is 2.11. The van der Waals surface area contributed by atoms with Gasteiger partial charge in [0.2, 0.25) is 0 Å². The van der Waals surface area contributed by atoms with Crippen LogP contribution in [0.5, 0.6) is 5.75 Å². The molecule has 0 aromatic heterocycles. The van der Waals surface area contributed by atoms with E-state index in [0.717, 1.165) is 23.0 Å². The molecule has 0 unspecified atom stereocenters. The van der Waals surface area contributed by atoms with Gasteiger partial charge in [0.25, 0.3) is 0 Å². The number of hydrogen-bond donors (Lipinski definition) is 1. The van der Waals surface area contributed by atoms with Gasteiger partial charge in [-0.2, -0.15) is 0 Å². The Bertz CT molecular complexity index is 374. The Morgan fingerprint density at radius 1 is 1.43 bits per heavy atom. The number of hydrogen-bond acceptors (Lipinski definition) is 2. The summed E-state index contributed by atoms with van der Waals surface area (Å²) in [6, 6.07) is 3.80. The quantitative estimate of drug-likeness (QED) is 0.771. The summed E-state index contributed by atoms with van der Waals surface area (Å²) in [4.78, 5) is 0. The lowest BCUT2D eigenvalue weighted by molar-refractivity contribution is 0.400. The first-order chi connectivity index (χ1) is 6.56. The van der Waals surface area contributed by atoms with Crippen LogP contribution in [0, 0.1) is 0 Å². The van der Waals surface area contributed by atoms with E-state index in [2.05, 4.69) is 19.2 Å². The highest BCUT2D eigenvalue weighted by atomic mass is 35.5. The lowest BCUT2D eigenvalue weighted by atomic mass is 9.86. The Labute approximate surface area is 89.2 Å². The first-order valence-electron chi connectivity index (χ1n) is 4.67. The largest absolute Gasteiger partial charge is 0.496 e. The molecule has 0 amide bonds. The summed E-state index contributed by atoms with van der Waals surface area (Å²) in [6.07, 6.45) is 0. The van der Waals surface area contributed by atoms with Crippen LogP contribution >= 0.6 is 11.6 Å². The second-order valence-corrected chi connectivity index (χ2v) is 4.64. The lowest BCUT2D eigenvalue weighted by Gasteiger charge is -2.19. The van der Waals surface area contributed by atoms with Crippen LogP contribution in [0.3, 0.4) is 0 Å². The fourth-order valence-corrected chi connectivity index (χ4v) is 2.20. The van der Waals surface area contributed by atoms with Crippen LogP contribution in [0.4, 0.5) is 5.69 Å². The number of benzene rings is 1. The van der Waals surface area contributed by atoms with Gasteiger partial charge in [0.05, 0.1) is 17.8 Å². The first kappa shape index (κ1) is 9.66. The van der Waals surface area contributed by atoms with E-state index in [1.54, 1.807) is 7.11 Å². The summed E-state index contributed by atoms with van der Waals surface area (Å²) in [6.45, 7) is 5.28. The predicted octanol–water partition coefficient (Wildman–Crippen LogP) is 3.05. The van der Waals surface area contributed by atoms with Crippen molar-refractivity contribution in [2.24, 2.45) is 0 Å². The van der Waals surface area contributed by atoms with Gasteiger partial charge < -0.3 is 10.1 Å². The predicted molar refractivity (Wildman–Crippen MR) is 59.5 cm³/mol. The fraction of sp³-hybridized carbons (Fsp3) is 0.455. The Morgan fingerprint density at radius 3 is 2.79 bits per heavy atom. The van der Waals surface area contributed by atoms with Gasteiger partial charge in [-0.1, -0.05) is 25.4 Å². The molecule has 0 saturated carbocycles. The van der Waals surface area contributed by atoms with E-state index in [9.17, 15) is 0 Å². The molecule has 3 heteroatoms. The number of methoxy groups -OCH3 is 1. The summed E-state index contributed by atoms with van der Waals surface area (Å²) < 4.78 is 5.35. The van der Waals surface area contributed by atoms with Crippen LogP contribution in [-0.4, -0.2) is 13.7 Å². The van der Waals surface area contributed by atoms with E-state index >= 15 is 0 Å². The number of ether oxygens (including phenoxy) is 1. The molecule has 1 aromatic rings. The molecule has 2 rings (SSSR count). The minimum absolute atomic E-state index is 0.0889. The molecule has 2 nitrogen and oxygen atoms in total. The molecule has 0 spiro atoms. The molecule has 0 atom stereocenters. The lowest BCUT2D eigenvalue weighted by Crippen LogP contribution is -2.19. The molecule has 0 saturated heterocycles. The maximum absolute atomic E-state index is 6.11. The molecular formula is C11H14ClNO. The van der Waals surface area contributed by atoms with Gasteiger partial charge >= 0.3 is 0 Å². The van der Waals surface area contributed by atoms with Crippen molar-refractivity contribution in [1.82, 2.24) is 0 Å². The van der Waals surface area contributed by atoms with Gasteiger partial charge in [-0.25, -0.2) is 0 Å². The standard InChI is InChI=1S/C11H14ClNO/c1-11(2)6-13-10-7(12)4-5-8(14-3)9(10)11/h4-5,13H,6H2,1-3H3. The highest BCUT2D eigenvalue weighted by molar-refractivity contribution is 6.33. The van der Waals surface area contributed by atoms with E-state index in [1.807, 2.05) is 12.1 Å². The zero-order valence-corrected chi connectivity index (χ0v) is 9.40. The summed E-state index contributed by atoms with van der Waals surface area (Å²) in [5.41, 5.74) is 2.30. The van der Waals surface area contributed by atoms with Gasteiger partial charge in [0.1, 0.15) is 5.75 Å². The smallest absolute Gasteiger partial charge is 0.124 e. The van der Waals surface area contributed by atoms with Crippen molar-refractivity contribution in [2.45, 2.75) is 19.3 Å². The van der Waals surface area contributed by atoms with Crippen molar-refractivity contribution in [3.05, 3.63) is 22.7 Å². The molecule has 1 heterocycles. The van der Waals surface area contributed by atoms with Crippen LogP contribution < -0.4 is 10.1 Å². The van der Waals surface area contributed by atoms with Crippen molar-refractivity contribution in [3.63, 3.8) is 0 Å². The molecular weight excluding hydrogens is 198 g/mol. The Hall–Kier alpha value is -0.890. The van der Waals surface area contributed by atoms with Gasteiger partial charge in [-0.15, -0.1) is 0 Å². The first-order valence-corrected chi connectivity index (χ1v) is 5.05. The molecule has 0 fully saturated rings. The number of halogens is 1. The zero-order valence-electron chi connectivity index (χ0n) is 8.65. The maximum atomic E-state index is 6.11. The van der Waals surface area contributed by atoms with Gasteiger partial charge in [0.15, 0.2) is 0 Å². The van der Waals surface area contributed by atoms with Crippen LogP contribution in [0.2, 0.25) is 5.02 Å². The van der Waals surface area contributed by atoms with Crippen molar-refractivity contribution < 1.29 is 4.74 Å². The van der Waals surface area contributed by atoms with Crippen molar-refractivity contribution in [2.75, 3.05) is 19.0 Å². The van der Waals surface area contributed by atoms with E-state index in [-0.39, 0.29) is 5.41 Å². The van der Waals surface area contributed by atoms with Crippen molar-refractivity contribution in [1.29, 1.82) is 0 Å². The van der Waals surface area contributed by atoms with E-state index in [0.29, 0.717) is 0 Å². The molecule has 0 bridgehead atoms. The molecule has 0 aliphatic carbocycles. The average Bonchev–Trinajstić information content (AvgIpc) is 2.45. The van der Waals surface area contributed by atoms with Gasteiger partial charge in [-0.05, 0) is 12.1 Å². The minimum Gasteiger partial charge on any atom is -0.496 e. The third-order valence-corrected chi connectivity index (χ3v) is 3.04. The molecule has 1 aliphatic heterocycles. The van der Waals surface area contributed by atoms with Gasteiger partial charge in [-0.3, -0.25) is 0 Å². The zero-order chi connectivity index (χ0) is 10.3. The SMILES string of the molecule is COc1ccc(Cl)c2c1C(C)(C)CN2. The number of fused-ring (bicyclic) bond motifs is 1. The van der Waals surface area contributed by atoms with Crippen LogP contribution in [0.15, 0.2) is 12.1 Å². The summed E-state index contributed by atoms with van der Waals surface area (Å²) in [5.74, 6) is 0.916. The minimum atomic E-state index is 0.0889. The summed E-state index contributed by atoms with van der Waals surface area (Å²) in [7, 11) is 1.69. The van der Waals surface area contributed by atoms with E-state index in [1.165, 1.54) is 5.56 Å².